The number of benzene rings is 1. The number of fused-ring (bicyclic) bond motifs is 1. The number of hydrogen-bond acceptors (Lipinski definition) is 5. The molecule has 6 nitrogen and oxygen atoms in total. The average Bonchev–Trinajstić information content (AvgIpc) is 3.18. The normalized spacial score (nSPS) is 28.4. The average molecular weight is 390 g/mol. The van der Waals surface area contributed by atoms with E-state index in [-0.39, 0.29) is 22.7 Å². The summed E-state index contributed by atoms with van der Waals surface area (Å²) in [5.41, 5.74) is 2.38. The van der Waals surface area contributed by atoms with Crippen LogP contribution in [0.4, 0.5) is 0 Å². The maximum Gasteiger partial charge on any atom is 0.243 e. The molecule has 4 rings (SSSR count). The first-order chi connectivity index (χ1) is 13.1. The van der Waals surface area contributed by atoms with E-state index in [0.29, 0.717) is 18.7 Å². The molecule has 2 amide bonds. The Morgan fingerprint density at radius 1 is 1.30 bits per heavy atom. The van der Waals surface area contributed by atoms with Crippen LogP contribution in [0, 0.1) is 0 Å². The van der Waals surface area contributed by atoms with E-state index in [1.54, 1.807) is 11.8 Å². The van der Waals surface area contributed by atoms with Crippen molar-refractivity contribution in [2.75, 3.05) is 32.1 Å². The minimum atomic E-state index is -0.346. The third-order valence-corrected chi connectivity index (χ3v) is 7.32. The van der Waals surface area contributed by atoms with Gasteiger partial charge in [0.1, 0.15) is 6.04 Å². The van der Waals surface area contributed by atoms with E-state index in [9.17, 15) is 9.59 Å². The maximum absolute atomic E-state index is 12.8. The van der Waals surface area contributed by atoms with Crippen LogP contribution in [0.25, 0.3) is 0 Å². The van der Waals surface area contributed by atoms with Gasteiger partial charge in [-0.2, -0.15) is 0 Å². The van der Waals surface area contributed by atoms with Crippen molar-refractivity contribution in [3.63, 3.8) is 0 Å². The van der Waals surface area contributed by atoms with Crippen LogP contribution in [0.5, 0.6) is 0 Å². The van der Waals surface area contributed by atoms with Crippen LogP contribution in [-0.4, -0.2) is 64.6 Å². The summed E-state index contributed by atoms with van der Waals surface area (Å²) in [6.07, 6.45) is 1.39. The molecule has 3 saturated heterocycles. The Morgan fingerprint density at radius 3 is 2.81 bits per heavy atom. The van der Waals surface area contributed by atoms with E-state index in [1.807, 2.05) is 17.0 Å². The third kappa shape index (κ3) is 3.86. The van der Waals surface area contributed by atoms with Gasteiger partial charge in [0.05, 0.1) is 18.1 Å². The fourth-order valence-electron chi connectivity index (χ4n) is 4.20. The maximum atomic E-state index is 12.8. The molecule has 3 heterocycles. The van der Waals surface area contributed by atoms with E-state index in [0.717, 1.165) is 44.8 Å². The van der Waals surface area contributed by atoms with Crippen molar-refractivity contribution in [1.29, 1.82) is 0 Å². The first-order valence-electron chi connectivity index (χ1n) is 9.67. The number of carbonyl (C=O) groups excluding carboxylic acids is 2. The van der Waals surface area contributed by atoms with Crippen molar-refractivity contribution in [3.05, 3.63) is 35.4 Å². The van der Waals surface area contributed by atoms with Gasteiger partial charge in [-0.25, -0.2) is 0 Å². The van der Waals surface area contributed by atoms with Gasteiger partial charge >= 0.3 is 0 Å². The molecule has 3 aliphatic heterocycles. The van der Waals surface area contributed by atoms with Crippen molar-refractivity contribution >= 4 is 23.6 Å². The van der Waals surface area contributed by atoms with Crippen LogP contribution in [0.15, 0.2) is 24.3 Å². The Morgan fingerprint density at radius 2 is 2.04 bits per heavy atom. The van der Waals surface area contributed by atoms with Gasteiger partial charge in [-0.15, -0.1) is 11.8 Å². The highest BCUT2D eigenvalue weighted by Gasteiger charge is 2.52. The molecule has 1 aromatic carbocycles. The molecular formula is C20H27N3O3S. The number of nitrogens with zero attached hydrogens (tertiary/aromatic N) is 2. The summed E-state index contributed by atoms with van der Waals surface area (Å²) < 4.78 is 5.42. The minimum absolute atomic E-state index is 0.0392. The molecule has 0 spiro atoms. The number of carbonyl (C=O) groups is 2. The molecule has 146 valence electrons. The van der Waals surface area contributed by atoms with Crippen LogP contribution in [-0.2, 0) is 27.4 Å². The molecule has 0 bridgehead atoms. The standard InChI is InChI=1S/C20H27N3O3S/c1-20-7-6-18(24)23(20)17(14-27-20)19(25)21-12-15-4-2-3-5-16(15)13-22-8-10-26-11-9-22/h2-5,17H,6-14H2,1H3,(H,21,25)/t17-,20+/m0/s1. The van der Waals surface area contributed by atoms with E-state index in [1.165, 1.54) is 5.56 Å². The van der Waals surface area contributed by atoms with Gasteiger partial charge in [0, 0.05) is 38.4 Å². The van der Waals surface area contributed by atoms with Crippen LogP contribution in [0.3, 0.4) is 0 Å². The lowest BCUT2D eigenvalue weighted by Crippen LogP contribution is -2.49. The number of nitrogens with one attached hydrogen (secondary N) is 1. The molecule has 3 aliphatic rings. The summed E-state index contributed by atoms with van der Waals surface area (Å²) >= 11 is 1.73. The lowest BCUT2D eigenvalue weighted by atomic mass is 10.1. The largest absolute Gasteiger partial charge is 0.379 e. The molecular weight excluding hydrogens is 362 g/mol. The molecule has 3 fully saturated rings. The van der Waals surface area contributed by atoms with Crippen LogP contribution < -0.4 is 5.32 Å². The lowest BCUT2D eigenvalue weighted by molar-refractivity contribution is -0.138. The third-order valence-electron chi connectivity index (χ3n) is 5.82. The monoisotopic (exact) mass is 389 g/mol. The van der Waals surface area contributed by atoms with Gasteiger partial charge in [0.15, 0.2) is 0 Å². The number of morpholine rings is 1. The summed E-state index contributed by atoms with van der Waals surface area (Å²) in [5.74, 6) is 0.752. The summed E-state index contributed by atoms with van der Waals surface area (Å²) in [6, 6.07) is 7.91. The molecule has 2 atom stereocenters. The van der Waals surface area contributed by atoms with E-state index >= 15 is 0 Å². The van der Waals surface area contributed by atoms with E-state index < -0.39 is 0 Å². The van der Waals surface area contributed by atoms with Gasteiger partial charge in [0.25, 0.3) is 0 Å². The zero-order valence-electron chi connectivity index (χ0n) is 15.8. The summed E-state index contributed by atoms with van der Waals surface area (Å²) in [4.78, 5) is 29.0. The predicted molar refractivity (Wildman–Crippen MR) is 105 cm³/mol. The SMILES string of the molecule is C[C@@]12CCC(=O)N1[C@H](C(=O)NCc1ccccc1CN1CCOCC1)CS2. The van der Waals surface area contributed by atoms with Gasteiger partial charge in [-0.3, -0.25) is 14.5 Å². The van der Waals surface area contributed by atoms with Gasteiger partial charge in [0.2, 0.25) is 11.8 Å². The van der Waals surface area contributed by atoms with Crippen LogP contribution in [0.2, 0.25) is 0 Å². The second kappa shape index (κ2) is 7.81. The van der Waals surface area contributed by atoms with Crippen LogP contribution >= 0.6 is 11.8 Å². The van der Waals surface area contributed by atoms with Crippen molar-refractivity contribution in [2.45, 2.75) is 43.8 Å². The number of thioether (sulfide) groups is 1. The Bertz CT molecular complexity index is 722. The summed E-state index contributed by atoms with van der Waals surface area (Å²) in [5, 5.41) is 3.08. The molecule has 0 aliphatic carbocycles. The lowest BCUT2D eigenvalue weighted by Gasteiger charge is -2.30. The minimum Gasteiger partial charge on any atom is -0.379 e. The molecule has 7 heteroatoms. The van der Waals surface area contributed by atoms with E-state index in [2.05, 4.69) is 29.3 Å². The number of hydrogen-bond donors (Lipinski definition) is 1. The fourth-order valence-corrected chi connectivity index (χ4v) is 5.63. The highest BCUT2D eigenvalue weighted by atomic mass is 32.2. The summed E-state index contributed by atoms with van der Waals surface area (Å²) in [6.45, 7) is 6.89. The first kappa shape index (κ1) is 18.8. The Hall–Kier alpha value is -1.57. The number of ether oxygens (including phenoxy) is 1. The zero-order chi connectivity index (χ0) is 18.9. The second-order valence-electron chi connectivity index (χ2n) is 7.64. The highest BCUT2D eigenvalue weighted by molar-refractivity contribution is 8.01. The van der Waals surface area contributed by atoms with Crippen molar-refractivity contribution in [1.82, 2.24) is 15.1 Å². The smallest absolute Gasteiger partial charge is 0.243 e. The van der Waals surface area contributed by atoms with E-state index in [4.69, 9.17) is 4.74 Å². The number of rotatable bonds is 5. The molecule has 1 N–H and O–H groups in total. The topological polar surface area (TPSA) is 61.9 Å². The molecule has 0 radical (unpaired) electrons. The molecule has 0 saturated carbocycles. The van der Waals surface area contributed by atoms with Crippen molar-refractivity contribution in [2.24, 2.45) is 0 Å². The zero-order valence-corrected chi connectivity index (χ0v) is 16.6. The van der Waals surface area contributed by atoms with Crippen molar-refractivity contribution in [3.8, 4) is 0 Å². The fraction of sp³-hybridized carbons (Fsp3) is 0.600. The molecule has 0 aromatic heterocycles. The molecule has 27 heavy (non-hydrogen) atoms. The van der Waals surface area contributed by atoms with Crippen molar-refractivity contribution < 1.29 is 14.3 Å². The summed E-state index contributed by atoms with van der Waals surface area (Å²) in [7, 11) is 0. The Balaban J connectivity index is 1.39. The Labute approximate surface area is 164 Å². The van der Waals surface area contributed by atoms with Gasteiger partial charge < -0.3 is 15.0 Å². The first-order valence-corrected chi connectivity index (χ1v) is 10.7. The number of amides is 2. The highest BCUT2D eigenvalue weighted by Crippen LogP contribution is 2.47. The van der Waals surface area contributed by atoms with Crippen LogP contribution in [0.1, 0.15) is 30.9 Å². The molecule has 0 unspecified atom stereocenters. The molecule has 1 aromatic rings. The Kier molecular flexibility index (Phi) is 5.43. The quantitative estimate of drug-likeness (QED) is 0.829. The second-order valence-corrected chi connectivity index (χ2v) is 9.14. The van der Waals surface area contributed by atoms with Gasteiger partial charge in [-0.1, -0.05) is 24.3 Å². The predicted octanol–water partition coefficient (Wildman–Crippen LogP) is 1.59. The van der Waals surface area contributed by atoms with Gasteiger partial charge in [-0.05, 0) is 24.5 Å².